The van der Waals surface area contributed by atoms with Gasteiger partial charge in [-0.2, -0.15) is 0 Å². The van der Waals surface area contributed by atoms with Crippen LogP contribution in [0.2, 0.25) is 0 Å². The lowest BCUT2D eigenvalue weighted by Crippen LogP contribution is -2.34. The molecule has 1 aliphatic heterocycles. The maximum Gasteiger partial charge on any atom is 0.186 e. The van der Waals surface area contributed by atoms with E-state index in [0.717, 1.165) is 5.75 Å². The van der Waals surface area contributed by atoms with Gasteiger partial charge in [-0.05, 0) is 22.6 Å². The monoisotopic (exact) mass is 332 g/mol. The summed E-state index contributed by atoms with van der Waals surface area (Å²) in [6.45, 7) is 0. The third kappa shape index (κ3) is 1.60. The van der Waals surface area contributed by atoms with Crippen LogP contribution in [-0.2, 0) is 5.60 Å². The van der Waals surface area contributed by atoms with Gasteiger partial charge >= 0.3 is 0 Å². The topological polar surface area (TPSA) is 9.23 Å². The van der Waals surface area contributed by atoms with Gasteiger partial charge in [-0.25, -0.2) is 0 Å². The minimum Gasteiger partial charge on any atom is -0.472 e. The highest BCUT2D eigenvalue weighted by atomic mass is 16.5. The van der Waals surface area contributed by atoms with E-state index in [9.17, 15) is 0 Å². The Labute approximate surface area is 152 Å². The van der Waals surface area contributed by atoms with Crippen LogP contribution in [0, 0.1) is 0 Å². The van der Waals surface area contributed by atoms with Gasteiger partial charge in [0.2, 0.25) is 0 Å². The van der Waals surface area contributed by atoms with Crippen LogP contribution in [0.4, 0.5) is 0 Å². The average Bonchev–Trinajstić information content (AvgIpc) is 2.96. The molecule has 4 aromatic carbocycles. The Morgan fingerprint density at radius 2 is 1.12 bits per heavy atom. The quantitative estimate of drug-likeness (QED) is 0.383. The second kappa shape index (κ2) is 4.86. The number of fused-ring (bicyclic) bond motifs is 5. The normalized spacial score (nSPS) is 15.4. The van der Waals surface area contributed by atoms with Crippen LogP contribution in [-0.4, -0.2) is 0 Å². The van der Waals surface area contributed by atoms with E-state index in [-0.39, 0.29) is 0 Å². The first kappa shape index (κ1) is 13.9. The predicted octanol–water partition coefficient (Wildman–Crippen LogP) is 6.01. The molecule has 1 nitrogen and oxygen atoms in total. The van der Waals surface area contributed by atoms with Crippen molar-refractivity contribution in [1.82, 2.24) is 0 Å². The van der Waals surface area contributed by atoms with E-state index in [1.165, 1.54) is 38.6 Å². The largest absolute Gasteiger partial charge is 0.472 e. The molecule has 0 atom stereocenters. The molecule has 0 fully saturated rings. The Bertz CT molecular complexity index is 1160. The van der Waals surface area contributed by atoms with E-state index in [0.29, 0.717) is 0 Å². The first-order chi connectivity index (χ1) is 12.9. The summed E-state index contributed by atoms with van der Waals surface area (Å²) >= 11 is 0. The molecule has 0 aromatic heterocycles. The van der Waals surface area contributed by atoms with Crippen LogP contribution in [0.15, 0.2) is 84.9 Å². The highest BCUT2D eigenvalue weighted by Gasteiger charge is 2.47. The predicted molar refractivity (Wildman–Crippen MR) is 106 cm³/mol. The Kier molecular flexibility index (Phi) is 2.60. The van der Waals surface area contributed by atoms with E-state index in [4.69, 9.17) is 4.74 Å². The molecule has 1 aliphatic carbocycles. The Hall–Kier alpha value is -3.32. The maximum absolute atomic E-state index is 6.84. The van der Waals surface area contributed by atoms with Crippen LogP contribution in [0.3, 0.4) is 0 Å². The lowest BCUT2D eigenvalue weighted by Gasteiger charge is -2.33. The molecule has 0 saturated heterocycles. The number of rotatable bonds is 0. The van der Waals surface area contributed by atoms with Gasteiger partial charge in [0.25, 0.3) is 0 Å². The molecule has 26 heavy (non-hydrogen) atoms. The van der Waals surface area contributed by atoms with Gasteiger partial charge in [0.15, 0.2) is 5.60 Å². The summed E-state index contributed by atoms with van der Waals surface area (Å²) in [6, 6.07) is 30.0. The van der Waals surface area contributed by atoms with Crippen LogP contribution >= 0.6 is 0 Å². The molecule has 122 valence electrons. The van der Waals surface area contributed by atoms with Crippen molar-refractivity contribution in [3.8, 4) is 5.75 Å². The van der Waals surface area contributed by atoms with Crippen molar-refractivity contribution in [2.24, 2.45) is 0 Å². The fourth-order valence-electron chi connectivity index (χ4n) is 4.56. The minimum absolute atomic E-state index is 0.611. The first-order valence-electron chi connectivity index (χ1n) is 8.96. The van der Waals surface area contributed by atoms with Gasteiger partial charge < -0.3 is 4.74 Å². The van der Waals surface area contributed by atoms with Crippen molar-refractivity contribution < 1.29 is 4.74 Å². The van der Waals surface area contributed by atoms with Gasteiger partial charge in [-0.3, -0.25) is 0 Å². The van der Waals surface area contributed by atoms with Gasteiger partial charge in [-0.1, -0.05) is 91.0 Å². The SMILES string of the molecule is C1=Cc2ccccc2C2(Oc3cccc4cccc2c34)c2ccccc21. The summed E-state index contributed by atoms with van der Waals surface area (Å²) in [6.07, 6.45) is 4.41. The standard InChI is InChI=1S/C25H16O/c1-3-11-20-17(7-1)15-16-18-8-2-4-12-21(18)25(20)22-13-5-9-19-10-6-14-23(26-25)24(19)22/h1-16H. The molecule has 0 radical (unpaired) electrons. The first-order valence-corrected chi connectivity index (χ1v) is 8.96. The Morgan fingerprint density at radius 3 is 1.81 bits per heavy atom. The molecule has 2 aliphatic rings. The third-order valence-corrected chi connectivity index (χ3v) is 5.63. The lowest BCUT2D eigenvalue weighted by atomic mass is 9.77. The zero-order valence-corrected chi connectivity index (χ0v) is 14.1. The second-order valence-corrected chi connectivity index (χ2v) is 6.95. The summed E-state index contributed by atoms with van der Waals surface area (Å²) in [5, 5.41) is 2.45. The summed E-state index contributed by atoms with van der Waals surface area (Å²) in [4.78, 5) is 0. The van der Waals surface area contributed by atoms with Crippen molar-refractivity contribution >= 4 is 22.9 Å². The Morgan fingerprint density at radius 1 is 0.538 bits per heavy atom. The molecule has 1 heterocycles. The number of benzene rings is 4. The molecule has 0 amide bonds. The molecule has 0 N–H and O–H groups in total. The van der Waals surface area contributed by atoms with Crippen LogP contribution in [0.1, 0.15) is 27.8 Å². The highest BCUT2D eigenvalue weighted by molar-refractivity contribution is 5.96. The summed E-state index contributed by atoms with van der Waals surface area (Å²) < 4.78 is 6.84. The maximum atomic E-state index is 6.84. The fourth-order valence-corrected chi connectivity index (χ4v) is 4.56. The van der Waals surface area contributed by atoms with Crippen LogP contribution in [0.25, 0.3) is 22.9 Å². The van der Waals surface area contributed by atoms with Gasteiger partial charge in [-0.15, -0.1) is 0 Å². The molecule has 1 spiro atoms. The van der Waals surface area contributed by atoms with E-state index in [1.54, 1.807) is 0 Å². The number of hydrogen-bond acceptors (Lipinski definition) is 1. The minimum atomic E-state index is -0.611. The zero-order valence-electron chi connectivity index (χ0n) is 14.1. The molecule has 0 unspecified atom stereocenters. The van der Waals surface area contributed by atoms with Gasteiger partial charge in [0.1, 0.15) is 5.75 Å². The molecular formula is C25H16O. The van der Waals surface area contributed by atoms with Gasteiger partial charge in [0.05, 0.1) is 0 Å². The fraction of sp³-hybridized carbons (Fsp3) is 0.0400. The van der Waals surface area contributed by atoms with Gasteiger partial charge in [0, 0.05) is 22.1 Å². The smallest absolute Gasteiger partial charge is 0.186 e. The van der Waals surface area contributed by atoms with Crippen molar-refractivity contribution in [1.29, 1.82) is 0 Å². The molecule has 6 rings (SSSR count). The molecule has 4 aromatic rings. The van der Waals surface area contributed by atoms with Crippen molar-refractivity contribution in [2.45, 2.75) is 5.60 Å². The van der Waals surface area contributed by atoms with Crippen LogP contribution < -0.4 is 4.74 Å². The summed E-state index contributed by atoms with van der Waals surface area (Å²) in [7, 11) is 0. The number of ether oxygens (including phenoxy) is 1. The highest BCUT2D eigenvalue weighted by Crippen LogP contribution is 2.54. The molecular weight excluding hydrogens is 316 g/mol. The molecule has 1 heteroatoms. The van der Waals surface area contributed by atoms with E-state index >= 15 is 0 Å². The summed E-state index contributed by atoms with van der Waals surface area (Å²) in [5.74, 6) is 0.963. The second-order valence-electron chi connectivity index (χ2n) is 6.95. The van der Waals surface area contributed by atoms with Crippen molar-refractivity contribution in [3.05, 3.63) is 113 Å². The van der Waals surface area contributed by atoms with Crippen molar-refractivity contribution in [2.75, 3.05) is 0 Å². The average molecular weight is 332 g/mol. The zero-order chi connectivity index (χ0) is 17.1. The van der Waals surface area contributed by atoms with E-state index < -0.39 is 5.60 Å². The molecule has 0 bridgehead atoms. The number of hydrogen-bond donors (Lipinski definition) is 0. The lowest BCUT2D eigenvalue weighted by molar-refractivity contribution is 0.173. The third-order valence-electron chi connectivity index (χ3n) is 5.63. The van der Waals surface area contributed by atoms with E-state index in [2.05, 4.69) is 97.1 Å². The molecule has 0 saturated carbocycles. The van der Waals surface area contributed by atoms with E-state index in [1.807, 2.05) is 0 Å². The summed E-state index contributed by atoms with van der Waals surface area (Å²) in [5.41, 5.74) is 5.42. The van der Waals surface area contributed by atoms with Crippen LogP contribution in [0.5, 0.6) is 5.75 Å². The van der Waals surface area contributed by atoms with Crippen molar-refractivity contribution in [3.63, 3.8) is 0 Å². The Balaban J connectivity index is 1.82.